The highest BCUT2D eigenvalue weighted by Crippen LogP contribution is 2.18. The lowest BCUT2D eigenvalue weighted by molar-refractivity contribution is 1.08. The topological polar surface area (TPSA) is 12.9 Å². The van der Waals surface area contributed by atoms with E-state index in [9.17, 15) is 0 Å². The molecule has 0 aliphatic rings. The Kier molecular flexibility index (Phi) is 2.57. The number of pyridine rings is 1. The van der Waals surface area contributed by atoms with E-state index in [0.29, 0.717) is 5.15 Å². The van der Waals surface area contributed by atoms with Crippen LogP contribution in [0.5, 0.6) is 0 Å². The minimum atomic E-state index is 0.227. The first kappa shape index (κ1) is 7.89. The van der Waals surface area contributed by atoms with E-state index in [4.69, 9.17) is 11.6 Å². The Labute approximate surface area is 70.8 Å². The quantitative estimate of drug-likeness (QED) is 0.509. The van der Waals surface area contributed by atoms with E-state index in [-0.39, 0.29) is 5.25 Å². The maximum atomic E-state index is 5.58. The molecule has 3 heteroatoms. The molecule has 0 fully saturated rings. The van der Waals surface area contributed by atoms with Crippen LogP contribution >= 0.6 is 24.2 Å². The zero-order valence-corrected chi connectivity index (χ0v) is 7.23. The van der Waals surface area contributed by atoms with Crippen molar-refractivity contribution in [2.24, 2.45) is 0 Å². The number of rotatable bonds is 1. The van der Waals surface area contributed by atoms with Gasteiger partial charge in [-0.05, 0) is 18.6 Å². The summed E-state index contributed by atoms with van der Waals surface area (Å²) < 4.78 is 0. The monoisotopic (exact) mass is 173 g/mol. The molecule has 0 N–H and O–H groups in total. The van der Waals surface area contributed by atoms with Crippen molar-refractivity contribution < 1.29 is 0 Å². The number of halogens is 1. The van der Waals surface area contributed by atoms with Crippen LogP contribution in [0.2, 0.25) is 5.15 Å². The van der Waals surface area contributed by atoms with Gasteiger partial charge in [-0.3, -0.25) is 0 Å². The first-order chi connectivity index (χ1) is 4.70. The fourth-order valence-electron chi connectivity index (χ4n) is 0.634. The van der Waals surface area contributed by atoms with Crippen LogP contribution in [-0.2, 0) is 0 Å². The lowest BCUT2D eigenvalue weighted by Crippen LogP contribution is -1.84. The van der Waals surface area contributed by atoms with Gasteiger partial charge < -0.3 is 0 Å². The second kappa shape index (κ2) is 3.26. The fraction of sp³-hybridized carbons (Fsp3) is 0.286. The third-order valence-corrected chi connectivity index (χ3v) is 1.75. The van der Waals surface area contributed by atoms with Gasteiger partial charge in [-0.15, -0.1) is 0 Å². The minimum Gasteiger partial charge on any atom is -0.244 e. The van der Waals surface area contributed by atoms with Gasteiger partial charge >= 0.3 is 0 Å². The molecule has 0 amide bonds. The number of aromatic nitrogens is 1. The Bertz CT molecular complexity index is 207. The highest BCUT2D eigenvalue weighted by atomic mass is 35.5. The molecule has 54 valence electrons. The minimum absolute atomic E-state index is 0.227. The molecule has 1 unspecified atom stereocenters. The van der Waals surface area contributed by atoms with E-state index in [2.05, 4.69) is 17.6 Å². The van der Waals surface area contributed by atoms with Crippen molar-refractivity contribution in [3.63, 3.8) is 0 Å². The van der Waals surface area contributed by atoms with Crippen molar-refractivity contribution in [2.75, 3.05) is 0 Å². The largest absolute Gasteiger partial charge is 0.244 e. The maximum Gasteiger partial charge on any atom is 0.129 e. The summed E-state index contributed by atoms with van der Waals surface area (Å²) in [5.74, 6) is 0. The second-order valence-corrected chi connectivity index (χ2v) is 3.25. The molecule has 0 bridgehead atoms. The van der Waals surface area contributed by atoms with Crippen molar-refractivity contribution in [3.8, 4) is 0 Å². The van der Waals surface area contributed by atoms with Gasteiger partial charge in [-0.1, -0.05) is 17.7 Å². The van der Waals surface area contributed by atoms with Gasteiger partial charge in [0.25, 0.3) is 0 Å². The standard InChI is InChI=1S/C7H8ClNS/c1-5(10)6-2-3-7(8)9-4-6/h2-5,10H,1H3. The van der Waals surface area contributed by atoms with Crippen LogP contribution in [0.4, 0.5) is 0 Å². The lowest BCUT2D eigenvalue weighted by Gasteiger charge is -2.01. The van der Waals surface area contributed by atoms with Crippen LogP contribution in [0, 0.1) is 0 Å². The van der Waals surface area contributed by atoms with Crippen molar-refractivity contribution in [2.45, 2.75) is 12.2 Å². The van der Waals surface area contributed by atoms with Gasteiger partial charge in [-0.25, -0.2) is 4.98 Å². The van der Waals surface area contributed by atoms with Gasteiger partial charge in [0, 0.05) is 11.4 Å². The third kappa shape index (κ3) is 1.89. The number of nitrogens with zero attached hydrogens (tertiary/aromatic N) is 1. The van der Waals surface area contributed by atoms with E-state index < -0.39 is 0 Å². The van der Waals surface area contributed by atoms with E-state index in [0.717, 1.165) is 5.56 Å². The molecule has 1 atom stereocenters. The van der Waals surface area contributed by atoms with Crippen LogP contribution < -0.4 is 0 Å². The van der Waals surface area contributed by atoms with Gasteiger partial charge in [0.15, 0.2) is 0 Å². The van der Waals surface area contributed by atoms with Crippen LogP contribution in [0.3, 0.4) is 0 Å². The number of thiol groups is 1. The molecule has 10 heavy (non-hydrogen) atoms. The Morgan fingerprint density at radius 2 is 2.30 bits per heavy atom. The molecule has 0 aliphatic heterocycles. The molecular weight excluding hydrogens is 166 g/mol. The second-order valence-electron chi connectivity index (χ2n) is 2.09. The molecule has 0 aromatic carbocycles. The van der Waals surface area contributed by atoms with Gasteiger partial charge in [0.05, 0.1) is 0 Å². The summed E-state index contributed by atoms with van der Waals surface area (Å²) in [5, 5.41) is 0.752. The van der Waals surface area contributed by atoms with Crippen LogP contribution in [0.25, 0.3) is 0 Å². The zero-order chi connectivity index (χ0) is 7.56. The molecule has 1 rings (SSSR count). The predicted octanol–water partition coefficient (Wildman–Crippen LogP) is 2.73. The molecule has 1 aromatic rings. The Morgan fingerprint density at radius 1 is 1.60 bits per heavy atom. The molecular formula is C7H8ClNS. The van der Waals surface area contributed by atoms with Crippen molar-refractivity contribution in [3.05, 3.63) is 29.0 Å². The Hall–Kier alpha value is -0.210. The van der Waals surface area contributed by atoms with E-state index in [1.807, 2.05) is 13.0 Å². The van der Waals surface area contributed by atoms with Gasteiger partial charge in [0.1, 0.15) is 5.15 Å². The van der Waals surface area contributed by atoms with Crippen LogP contribution in [-0.4, -0.2) is 4.98 Å². The summed E-state index contributed by atoms with van der Waals surface area (Å²) >= 11 is 9.82. The average molecular weight is 174 g/mol. The Morgan fingerprint density at radius 3 is 2.70 bits per heavy atom. The smallest absolute Gasteiger partial charge is 0.129 e. The van der Waals surface area contributed by atoms with Gasteiger partial charge in [-0.2, -0.15) is 12.6 Å². The summed E-state index contributed by atoms with van der Waals surface area (Å²) in [6.07, 6.45) is 1.74. The lowest BCUT2D eigenvalue weighted by atomic mass is 10.2. The van der Waals surface area contributed by atoms with Crippen LogP contribution in [0.15, 0.2) is 18.3 Å². The van der Waals surface area contributed by atoms with Gasteiger partial charge in [0.2, 0.25) is 0 Å². The maximum absolute atomic E-state index is 5.58. The summed E-state index contributed by atoms with van der Waals surface area (Å²) in [7, 11) is 0. The molecule has 0 saturated heterocycles. The molecule has 0 spiro atoms. The normalized spacial score (nSPS) is 13.1. The average Bonchev–Trinajstić information content (AvgIpc) is 1.88. The van der Waals surface area contributed by atoms with Crippen LogP contribution in [0.1, 0.15) is 17.7 Å². The Balaban J connectivity index is 2.89. The number of hydrogen-bond acceptors (Lipinski definition) is 2. The molecule has 1 heterocycles. The summed E-state index contributed by atoms with van der Waals surface area (Å²) in [6.45, 7) is 1.99. The van der Waals surface area contributed by atoms with E-state index in [1.54, 1.807) is 12.3 Å². The molecule has 1 nitrogen and oxygen atoms in total. The molecule has 0 saturated carbocycles. The SMILES string of the molecule is CC(S)c1ccc(Cl)nc1. The highest BCUT2D eigenvalue weighted by molar-refractivity contribution is 7.80. The highest BCUT2D eigenvalue weighted by Gasteiger charge is 1.97. The van der Waals surface area contributed by atoms with Crippen molar-refractivity contribution in [1.29, 1.82) is 0 Å². The first-order valence-electron chi connectivity index (χ1n) is 2.99. The summed E-state index contributed by atoms with van der Waals surface area (Å²) in [6, 6.07) is 3.69. The van der Waals surface area contributed by atoms with Crippen molar-refractivity contribution in [1.82, 2.24) is 4.98 Å². The zero-order valence-electron chi connectivity index (χ0n) is 5.58. The third-order valence-electron chi connectivity index (χ3n) is 1.23. The van der Waals surface area contributed by atoms with E-state index >= 15 is 0 Å². The summed E-state index contributed by atoms with van der Waals surface area (Å²) in [5.41, 5.74) is 1.09. The number of hydrogen-bond donors (Lipinski definition) is 1. The van der Waals surface area contributed by atoms with Crippen molar-refractivity contribution >= 4 is 24.2 Å². The molecule has 0 radical (unpaired) electrons. The first-order valence-corrected chi connectivity index (χ1v) is 3.89. The molecule has 1 aromatic heterocycles. The fourth-order valence-corrected chi connectivity index (χ4v) is 0.899. The predicted molar refractivity (Wildman–Crippen MR) is 46.6 cm³/mol. The van der Waals surface area contributed by atoms with E-state index in [1.165, 1.54) is 0 Å². The molecule has 0 aliphatic carbocycles. The summed E-state index contributed by atoms with van der Waals surface area (Å²) in [4.78, 5) is 3.92.